The van der Waals surface area contributed by atoms with Crippen molar-refractivity contribution in [3.63, 3.8) is 0 Å². The molecule has 2 aromatic heterocycles. The molecule has 1 N–H and O–H groups in total. The van der Waals surface area contributed by atoms with Gasteiger partial charge < -0.3 is 9.73 Å². The maximum absolute atomic E-state index is 5.29. The van der Waals surface area contributed by atoms with Crippen LogP contribution in [-0.2, 0) is 6.42 Å². The second-order valence-electron chi connectivity index (χ2n) is 3.54. The minimum Gasteiger partial charge on any atom is -0.457 e. The zero-order valence-electron chi connectivity index (χ0n) is 9.07. The highest BCUT2D eigenvalue weighted by Crippen LogP contribution is 2.28. The van der Waals surface area contributed by atoms with Crippen molar-refractivity contribution in [1.29, 1.82) is 0 Å². The predicted octanol–water partition coefficient (Wildman–Crippen LogP) is 4.00. The Morgan fingerprint density at radius 1 is 1.50 bits per heavy atom. The molecular formula is C12H14BrNOS. The summed E-state index contributed by atoms with van der Waals surface area (Å²) < 4.78 is 6.12. The number of rotatable bonds is 5. The fourth-order valence-corrected chi connectivity index (χ4v) is 2.99. The van der Waals surface area contributed by atoms with Crippen molar-refractivity contribution in [3.8, 4) is 0 Å². The first-order valence-electron chi connectivity index (χ1n) is 5.30. The van der Waals surface area contributed by atoms with Crippen LogP contribution in [0.25, 0.3) is 0 Å². The number of likely N-dealkylation sites (N-methyl/N-ethyl adjacent to an activating group) is 1. The number of hydrogen-bond acceptors (Lipinski definition) is 3. The molecule has 0 amide bonds. The molecule has 2 heterocycles. The van der Waals surface area contributed by atoms with Gasteiger partial charge in [-0.25, -0.2) is 0 Å². The van der Waals surface area contributed by atoms with E-state index in [1.807, 2.05) is 6.07 Å². The van der Waals surface area contributed by atoms with Gasteiger partial charge in [0.2, 0.25) is 0 Å². The maximum atomic E-state index is 5.29. The van der Waals surface area contributed by atoms with Gasteiger partial charge in [0.05, 0.1) is 6.26 Å². The Morgan fingerprint density at radius 3 is 2.94 bits per heavy atom. The van der Waals surface area contributed by atoms with Gasteiger partial charge in [0.1, 0.15) is 0 Å². The van der Waals surface area contributed by atoms with Crippen LogP contribution in [0.15, 0.2) is 38.9 Å². The van der Waals surface area contributed by atoms with E-state index in [0.29, 0.717) is 6.04 Å². The standard InChI is InChI=1S/C12H14BrNOS/c1-2-14-11(8-9-4-3-7-16-9)10-5-6-15-12(10)13/h3-7,11,14H,2,8H2,1H3. The largest absolute Gasteiger partial charge is 0.457 e. The summed E-state index contributed by atoms with van der Waals surface area (Å²) in [6, 6.07) is 6.60. The molecule has 0 saturated carbocycles. The Morgan fingerprint density at radius 2 is 2.38 bits per heavy atom. The second-order valence-corrected chi connectivity index (χ2v) is 5.30. The second kappa shape index (κ2) is 5.66. The number of thiophene rings is 1. The molecule has 86 valence electrons. The molecule has 0 fully saturated rings. The Hall–Kier alpha value is -0.580. The van der Waals surface area contributed by atoms with Crippen molar-refractivity contribution in [2.24, 2.45) is 0 Å². The highest BCUT2D eigenvalue weighted by Gasteiger charge is 2.16. The van der Waals surface area contributed by atoms with Gasteiger partial charge in [-0.05, 0) is 40.0 Å². The fraction of sp³-hybridized carbons (Fsp3) is 0.333. The zero-order valence-corrected chi connectivity index (χ0v) is 11.5. The van der Waals surface area contributed by atoms with Gasteiger partial charge in [0, 0.05) is 22.9 Å². The molecule has 0 aliphatic carbocycles. The van der Waals surface area contributed by atoms with Crippen LogP contribution in [0.3, 0.4) is 0 Å². The first-order chi connectivity index (χ1) is 7.81. The third-order valence-electron chi connectivity index (χ3n) is 2.46. The van der Waals surface area contributed by atoms with Crippen LogP contribution in [0.5, 0.6) is 0 Å². The van der Waals surface area contributed by atoms with E-state index in [-0.39, 0.29) is 0 Å². The van der Waals surface area contributed by atoms with Gasteiger partial charge >= 0.3 is 0 Å². The molecule has 1 atom stereocenters. The minimum atomic E-state index is 0.316. The molecule has 0 spiro atoms. The molecule has 0 bridgehead atoms. The Labute approximate surface area is 108 Å². The Bertz CT molecular complexity index is 424. The highest BCUT2D eigenvalue weighted by atomic mass is 79.9. The van der Waals surface area contributed by atoms with Gasteiger partial charge in [-0.2, -0.15) is 0 Å². The lowest BCUT2D eigenvalue weighted by Crippen LogP contribution is -2.22. The SMILES string of the molecule is CCNC(Cc1cccs1)c1ccoc1Br. The molecule has 1 unspecified atom stereocenters. The number of halogens is 1. The van der Waals surface area contributed by atoms with Crippen LogP contribution in [0, 0.1) is 0 Å². The summed E-state index contributed by atoms with van der Waals surface area (Å²) in [6.45, 7) is 3.07. The lowest BCUT2D eigenvalue weighted by molar-refractivity contribution is 0.508. The molecular weight excluding hydrogens is 286 g/mol. The summed E-state index contributed by atoms with van der Waals surface area (Å²) in [5.74, 6) is 0. The van der Waals surface area contributed by atoms with Gasteiger partial charge in [0.25, 0.3) is 0 Å². The molecule has 2 rings (SSSR count). The molecule has 0 aliphatic heterocycles. The van der Waals surface area contributed by atoms with E-state index >= 15 is 0 Å². The average Bonchev–Trinajstić information content (AvgIpc) is 2.88. The molecule has 0 aliphatic rings. The van der Waals surface area contributed by atoms with E-state index in [9.17, 15) is 0 Å². The summed E-state index contributed by atoms with van der Waals surface area (Å²) in [6.07, 6.45) is 2.72. The van der Waals surface area contributed by atoms with Crippen LogP contribution >= 0.6 is 27.3 Å². The highest BCUT2D eigenvalue weighted by molar-refractivity contribution is 9.10. The van der Waals surface area contributed by atoms with Gasteiger partial charge in [0.15, 0.2) is 4.67 Å². The van der Waals surface area contributed by atoms with Gasteiger partial charge in [-0.15, -0.1) is 11.3 Å². The lowest BCUT2D eigenvalue weighted by Gasteiger charge is -2.15. The van der Waals surface area contributed by atoms with Crippen molar-refractivity contribution in [2.75, 3.05) is 6.54 Å². The quantitative estimate of drug-likeness (QED) is 0.903. The average molecular weight is 300 g/mol. The van der Waals surface area contributed by atoms with E-state index in [0.717, 1.165) is 17.6 Å². The Balaban J connectivity index is 2.14. The van der Waals surface area contributed by atoms with Crippen molar-refractivity contribution < 1.29 is 4.42 Å². The number of hydrogen-bond donors (Lipinski definition) is 1. The van der Waals surface area contributed by atoms with Crippen LogP contribution in [0.4, 0.5) is 0 Å². The number of nitrogens with one attached hydrogen (secondary N) is 1. The molecule has 0 saturated heterocycles. The monoisotopic (exact) mass is 299 g/mol. The number of furan rings is 1. The normalized spacial score (nSPS) is 12.9. The smallest absolute Gasteiger partial charge is 0.173 e. The van der Waals surface area contributed by atoms with Crippen molar-refractivity contribution in [3.05, 3.63) is 45.0 Å². The van der Waals surface area contributed by atoms with Crippen molar-refractivity contribution >= 4 is 27.3 Å². The van der Waals surface area contributed by atoms with Crippen LogP contribution in [0.2, 0.25) is 0 Å². The van der Waals surface area contributed by atoms with Crippen LogP contribution in [0.1, 0.15) is 23.4 Å². The van der Waals surface area contributed by atoms with E-state index in [4.69, 9.17) is 4.42 Å². The summed E-state index contributed by atoms with van der Waals surface area (Å²) >= 11 is 5.23. The first-order valence-corrected chi connectivity index (χ1v) is 6.97. The minimum absolute atomic E-state index is 0.316. The van der Waals surface area contributed by atoms with Crippen LogP contribution < -0.4 is 5.32 Å². The lowest BCUT2D eigenvalue weighted by atomic mass is 10.1. The summed E-state index contributed by atoms with van der Waals surface area (Å²) in [5, 5.41) is 5.59. The third-order valence-corrected chi connectivity index (χ3v) is 4.00. The topological polar surface area (TPSA) is 25.2 Å². The Kier molecular flexibility index (Phi) is 4.21. The van der Waals surface area contributed by atoms with Gasteiger partial charge in [-0.3, -0.25) is 0 Å². The van der Waals surface area contributed by atoms with E-state index < -0.39 is 0 Å². The predicted molar refractivity (Wildman–Crippen MR) is 70.8 cm³/mol. The first kappa shape index (κ1) is 11.9. The molecule has 2 aromatic rings. The summed E-state index contributed by atoms with van der Waals surface area (Å²) in [4.78, 5) is 1.39. The van der Waals surface area contributed by atoms with E-state index in [1.54, 1.807) is 17.6 Å². The third kappa shape index (κ3) is 2.75. The maximum Gasteiger partial charge on any atom is 0.173 e. The summed E-state index contributed by atoms with van der Waals surface area (Å²) in [7, 11) is 0. The van der Waals surface area contributed by atoms with E-state index in [1.165, 1.54) is 10.4 Å². The van der Waals surface area contributed by atoms with E-state index in [2.05, 4.69) is 45.7 Å². The molecule has 16 heavy (non-hydrogen) atoms. The van der Waals surface area contributed by atoms with Crippen LogP contribution in [-0.4, -0.2) is 6.54 Å². The summed E-state index contributed by atoms with van der Waals surface area (Å²) in [5.41, 5.74) is 1.19. The zero-order chi connectivity index (χ0) is 11.4. The van der Waals surface area contributed by atoms with Gasteiger partial charge in [-0.1, -0.05) is 13.0 Å². The molecule has 0 aromatic carbocycles. The molecule has 2 nitrogen and oxygen atoms in total. The molecule has 0 radical (unpaired) electrons. The van der Waals surface area contributed by atoms with Crippen molar-refractivity contribution in [2.45, 2.75) is 19.4 Å². The molecule has 4 heteroatoms. The van der Waals surface area contributed by atoms with Crippen molar-refractivity contribution in [1.82, 2.24) is 5.32 Å². The fourth-order valence-electron chi connectivity index (χ4n) is 1.72.